The van der Waals surface area contributed by atoms with E-state index in [0.717, 1.165) is 25.1 Å². The Labute approximate surface area is 84.9 Å². The first-order valence-electron chi connectivity index (χ1n) is 4.81. The van der Waals surface area contributed by atoms with Gasteiger partial charge in [0.25, 0.3) is 0 Å². The topological polar surface area (TPSA) is 22.0 Å². The Morgan fingerprint density at radius 2 is 2.36 bits per heavy atom. The summed E-state index contributed by atoms with van der Waals surface area (Å²) in [5.74, 6) is 5.99. The van der Waals surface area contributed by atoms with Crippen LogP contribution in [-0.2, 0) is 6.54 Å². The summed E-state index contributed by atoms with van der Waals surface area (Å²) in [5, 5.41) is 0. The summed E-state index contributed by atoms with van der Waals surface area (Å²) in [7, 11) is 0. The fraction of sp³-hybridized carbons (Fsp3) is 0.417. The lowest BCUT2D eigenvalue weighted by atomic mass is 10.3. The molecule has 0 N–H and O–H groups in total. The van der Waals surface area contributed by atoms with Crippen molar-refractivity contribution in [2.75, 3.05) is 0 Å². The molecule has 0 unspecified atom stereocenters. The maximum atomic E-state index is 11.2. The van der Waals surface area contributed by atoms with Crippen molar-refractivity contribution < 1.29 is 4.79 Å². The zero-order valence-electron chi connectivity index (χ0n) is 8.71. The van der Waals surface area contributed by atoms with Crippen molar-refractivity contribution in [3.05, 3.63) is 24.0 Å². The van der Waals surface area contributed by atoms with E-state index < -0.39 is 0 Å². The predicted octanol–water partition coefficient (Wildman–Crippen LogP) is 2.49. The molecule has 0 radical (unpaired) electrons. The highest BCUT2D eigenvalue weighted by Crippen LogP contribution is 2.05. The van der Waals surface area contributed by atoms with Crippen LogP contribution in [0.1, 0.15) is 37.2 Å². The fourth-order valence-corrected chi connectivity index (χ4v) is 1.39. The summed E-state index contributed by atoms with van der Waals surface area (Å²) in [4.78, 5) is 11.2. The van der Waals surface area contributed by atoms with Crippen LogP contribution in [0.15, 0.2) is 18.3 Å². The minimum absolute atomic E-state index is 0.122. The van der Waals surface area contributed by atoms with Gasteiger partial charge in [0.15, 0.2) is 5.78 Å². The third-order valence-corrected chi connectivity index (χ3v) is 2.07. The van der Waals surface area contributed by atoms with Crippen LogP contribution in [0.25, 0.3) is 0 Å². The molecule has 1 heterocycles. The van der Waals surface area contributed by atoms with Crippen LogP contribution in [0.4, 0.5) is 0 Å². The van der Waals surface area contributed by atoms with Crippen molar-refractivity contribution >= 4 is 5.78 Å². The second kappa shape index (κ2) is 5.29. The SMILES string of the molecule is CC#CCCCn1cccc1C(C)=O. The summed E-state index contributed by atoms with van der Waals surface area (Å²) in [6.07, 6.45) is 3.83. The second-order valence-corrected chi connectivity index (χ2v) is 3.17. The highest BCUT2D eigenvalue weighted by Gasteiger charge is 2.03. The van der Waals surface area contributed by atoms with Crippen LogP contribution in [0.3, 0.4) is 0 Å². The lowest BCUT2D eigenvalue weighted by Gasteiger charge is -2.04. The maximum Gasteiger partial charge on any atom is 0.176 e. The molecular formula is C12H15NO. The Bertz CT molecular complexity index is 365. The minimum atomic E-state index is 0.122. The van der Waals surface area contributed by atoms with Gasteiger partial charge in [-0.25, -0.2) is 0 Å². The largest absolute Gasteiger partial charge is 0.345 e. The van der Waals surface area contributed by atoms with Crippen molar-refractivity contribution in [2.45, 2.75) is 33.2 Å². The summed E-state index contributed by atoms with van der Waals surface area (Å²) in [6.45, 7) is 4.31. The van der Waals surface area contributed by atoms with E-state index in [1.54, 1.807) is 6.92 Å². The fourth-order valence-electron chi connectivity index (χ4n) is 1.39. The Morgan fingerprint density at radius 1 is 1.57 bits per heavy atom. The van der Waals surface area contributed by atoms with E-state index in [0.29, 0.717) is 0 Å². The monoisotopic (exact) mass is 189 g/mol. The van der Waals surface area contributed by atoms with Crippen LogP contribution in [0, 0.1) is 11.8 Å². The molecule has 0 atom stereocenters. The van der Waals surface area contributed by atoms with E-state index in [-0.39, 0.29) is 5.78 Å². The second-order valence-electron chi connectivity index (χ2n) is 3.17. The van der Waals surface area contributed by atoms with E-state index in [1.165, 1.54) is 0 Å². The number of hydrogen-bond donors (Lipinski definition) is 0. The number of aromatic nitrogens is 1. The molecule has 1 rings (SSSR count). The molecule has 2 heteroatoms. The van der Waals surface area contributed by atoms with Gasteiger partial charge in [-0.05, 0) is 25.5 Å². The third-order valence-electron chi connectivity index (χ3n) is 2.07. The molecule has 1 aromatic heterocycles. The van der Waals surface area contributed by atoms with Gasteiger partial charge >= 0.3 is 0 Å². The Hall–Kier alpha value is -1.49. The normalized spacial score (nSPS) is 9.29. The van der Waals surface area contributed by atoms with Gasteiger partial charge in [0.05, 0.1) is 5.69 Å². The number of aryl methyl sites for hydroxylation is 1. The van der Waals surface area contributed by atoms with Gasteiger partial charge in [-0.3, -0.25) is 4.79 Å². The number of unbranched alkanes of at least 4 members (excludes halogenated alkanes) is 1. The number of Topliss-reactive ketones (excluding diaryl/α,β-unsaturated/α-hetero) is 1. The van der Waals surface area contributed by atoms with Crippen LogP contribution in [0.5, 0.6) is 0 Å². The molecule has 0 fully saturated rings. The molecule has 14 heavy (non-hydrogen) atoms. The first-order chi connectivity index (χ1) is 6.75. The van der Waals surface area contributed by atoms with Crippen molar-refractivity contribution in [1.82, 2.24) is 4.57 Å². The van der Waals surface area contributed by atoms with E-state index in [4.69, 9.17) is 0 Å². The molecule has 0 aliphatic carbocycles. The summed E-state index contributed by atoms with van der Waals surface area (Å²) < 4.78 is 1.99. The van der Waals surface area contributed by atoms with Gasteiger partial charge in [0.1, 0.15) is 0 Å². The molecule has 0 amide bonds. The maximum absolute atomic E-state index is 11.2. The lowest BCUT2D eigenvalue weighted by Crippen LogP contribution is -2.05. The van der Waals surface area contributed by atoms with Crippen LogP contribution in [0.2, 0.25) is 0 Å². The molecule has 0 bridgehead atoms. The first kappa shape index (κ1) is 10.6. The highest BCUT2D eigenvalue weighted by molar-refractivity contribution is 5.92. The van der Waals surface area contributed by atoms with Gasteiger partial charge in [-0.2, -0.15) is 0 Å². The van der Waals surface area contributed by atoms with Gasteiger partial charge in [0, 0.05) is 26.1 Å². The number of hydrogen-bond acceptors (Lipinski definition) is 1. The predicted molar refractivity (Wildman–Crippen MR) is 57.1 cm³/mol. The highest BCUT2D eigenvalue weighted by atomic mass is 16.1. The van der Waals surface area contributed by atoms with Gasteiger partial charge in [0.2, 0.25) is 0 Å². The molecule has 0 aromatic carbocycles. The summed E-state index contributed by atoms with van der Waals surface area (Å²) in [5.41, 5.74) is 0.787. The average molecular weight is 189 g/mol. The summed E-state index contributed by atoms with van der Waals surface area (Å²) in [6, 6.07) is 3.76. The van der Waals surface area contributed by atoms with Crippen molar-refractivity contribution in [2.24, 2.45) is 0 Å². The Balaban J connectivity index is 2.52. The van der Waals surface area contributed by atoms with Gasteiger partial charge < -0.3 is 4.57 Å². The average Bonchev–Trinajstić information content (AvgIpc) is 2.60. The van der Waals surface area contributed by atoms with Crippen molar-refractivity contribution in [3.8, 4) is 11.8 Å². The van der Waals surface area contributed by atoms with E-state index in [1.807, 2.05) is 29.8 Å². The Morgan fingerprint density at radius 3 is 3.00 bits per heavy atom. The van der Waals surface area contributed by atoms with Crippen molar-refractivity contribution in [1.29, 1.82) is 0 Å². The molecule has 0 saturated carbocycles. The van der Waals surface area contributed by atoms with Gasteiger partial charge in [-0.15, -0.1) is 11.8 Å². The molecule has 0 aliphatic rings. The van der Waals surface area contributed by atoms with E-state index in [9.17, 15) is 4.79 Å². The molecular weight excluding hydrogens is 174 g/mol. The van der Waals surface area contributed by atoms with Gasteiger partial charge in [-0.1, -0.05) is 0 Å². The van der Waals surface area contributed by atoms with E-state index in [2.05, 4.69) is 11.8 Å². The number of carbonyl (C=O) groups is 1. The minimum Gasteiger partial charge on any atom is -0.345 e. The molecule has 0 spiro atoms. The van der Waals surface area contributed by atoms with Crippen molar-refractivity contribution in [3.63, 3.8) is 0 Å². The number of rotatable bonds is 4. The molecule has 0 saturated heterocycles. The number of nitrogens with zero attached hydrogens (tertiary/aromatic N) is 1. The third kappa shape index (κ3) is 2.77. The number of ketones is 1. The van der Waals surface area contributed by atoms with E-state index >= 15 is 0 Å². The molecule has 74 valence electrons. The smallest absolute Gasteiger partial charge is 0.176 e. The first-order valence-corrected chi connectivity index (χ1v) is 4.81. The summed E-state index contributed by atoms with van der Waals surface area (Å²) >= 11 is 0. The molecule has 1 aromatic rings. The Kier molecular flexibility index (Phi) is 4.00. The number of carbonyl (C=O) groups excluding carboxylic acids is 1. The quantitative estimate of drug-likeness (QED) is 0.405. The zero-order valence-corrected chi connectivity index (χ0v) is 8.71. The molecule has 2 nitrogen and oxygen atoms in total. The lowest BCUT2D eigenvalue weighted by molar-refractivity contribution is 0.100. The molecule has 0 aliphatic heterocycles. The van der Waals surface area contributed by atoms with Crippen LogP contribution in [-0.4, -0.2) is 10.4 Å². The van der Waals surface area contributed by atoms with Crippen LogP contribution >= 0.6 is 0 Å². The standard InChI is InChI=1S/C12H15NO/c1-3-4-5-6-9-13-10-7-8-12(13)11(2)14/h7-8,10H,5-6,9H2,1-2H3. The zero-order chi connectivity index (χ0) is 10.4. The van der Waals surface area contributed by atoms with Crippen LogP contribution < -0.4 is 0 Å².